The third kappa shape index (κ3) is 5.67. The van der Waals surface area contributed by atoms with Crippen molar-refractivity contribution in [2.75, 3.05) is 31.8 Å². The van der Waals surface area contributed by atoms with Crippen LogP contribution < -0.4 is 5.32 Å². The molecular weight excluding hydrogens is 250 g/mol. The van der Waals surface area contributed by atoms with Crippen LogP contribution in [0, 0.1) is 5.92 Å². The zero-order valence-corrected chi connectivity index (χ0v) is 12.5. The highest BCUT2D eigenvalue weighted by atomic mass is 32.2. The first-order valence-corrected chi connectivity index (χ1v) is 8.84. The SMILES string of the molecule is CCNC(CS(=O)(=O)CCCOC)C1CCCC1. The Morgan fingerprint density at radius 2 is 2.00 bits per heavy atom. The first-order valence-electron chi connectivity index (χ1n) is 7.02. The van der Waals surface area contributed by atoms with Gasteiger partial charge in [0, 0.05) is 19.8 Å². The minimum Gasteiger partial charge on any atom is -0.385 e. The van der Waals surface area contributed by atoms with Gasteiger partial charge in [0.05, 0.1) is 11.5 Å². The summed E-state index contributed by atoms with van der Waals surface area (Å²) in [7, 11) is -1.35. The van der Waals surface area contributed by atoms with E-state index in [4.69, 9.17) is 4.74 Å². The van der Waals surface area contributed by atoms with E-state index in [0.29, 0.717) is 18.9 Å². The monoisotopic (exact) mass is 277 g/mol. The third-order valence-corrected chi connectivity index (χ3v) is 5.45. The van der Waals surface area contributed by atoms with E-state index in [-0.39, 0.29) is 17.5 Å². The Morgan fingerprint density at radius 3 is 2.56 bits per heavy atom. The summed E-state index contributed by atoms with van der Waals surface area (Å²) in [4.78, 5) is 0. The van der Waals surface area contributed by atoms with Crippen LogP contribution in [-0.2, 0) is 14.6 Å². The van der Waals surface area contributed by atoms with Crippen LogP contribution in [0.3, 0.4) is 0 Å². The number of hydrogen-bond acceptors (Lipinski definition) is 4. The van der Waals surface area contributed by atoms with Gasteiger partial charge in [-0.25, -0.2) is 8.42 Å². The van der Waals surface area contributed by atoms with Gasteiger partial charge in [0.1, 0.15) is 0 Å². The van der Waals surface area contributed by atoms with Gasteiger partial charge in [-0.3, -0.25) is 0 Å². The zero-order valence-electron chi connectivity index (χ0n) is 11.7. The Labute approximate surface area is 111 Å². The van der Waals surface area contributed by atoms with Gasteiger partial charge < -0.3 is 10.1 Å². The van der Waals surface area contributed by atoms with E-state index < -0.39 is 9.84 Å². The van der Waals surface area contributed by atoms with Crippen LogP contribution in [-0.4, -0.2) is 46.2 Å². The van der Waals surface area contributed by atoms with E-state index in [0.717, 1.165) is 6.54 Å². The molecule has 1 unspecified atom stereocenters. The van der Waals surface area contributed by atoms with Crippen molar-refractivity contribution < 1.29 is 13.2 Å². The predicted molar refractivity (Wildman–Crippen MR) is 74.6 cm³/mol. The summed E-state index contributed by atoms with van der Waals surface area (Å²) in [6.07, 6.45) is 5.44. The number of methoxy groups -OCH3 is 1. The fourth-order valence-corrected chi connectivity index (χ4v) is 4.43. The lowest BCUT2D eigenvalue weighted by molar-refractivity contribution is 0.199. The second-order valence-corrected chi connectivity index (χ2v) is 7.40. The van der Waals surface area contributed by atoms with Crippen LogP contribution in [0.1, 0.15) is 39.0 Å². The molecule has 1 atom stereocenters. The summed E-state index contributed by atoms with van der Waals surface area (Å²) in [6.45, 7) is 3.41. The molecular formula is C13H27NO3S. The average molecular weight is 277 g/mol. The lowest BCUT2D eigenvalue weighted by Crippen LogP contribution is -2.41. The summed E-state index contributed by atoms with van der Waals surface area (Å²) in [6, 6.07) is 0.144. The van der Waals surface area contributed by atoms with Crippen molar-refractivity contribution in [2.45, 2.75) is 45.1 Å². The normalized spacial score (nSPS) is 19.2. The Kier molecular flexibility index (Phi) is 7.19. The summed E-state index contributed by atoms with van der Waals surface area (Å²) in [5.41, 5.74) is 0. The predicted octanol–water partition coefficient (Wildman–Crippen LogP) is 1.61. The van der Waals surface area contributed by atoms with Crippen LogP contribution in [0.4, 0.5) is 0 Å². The van der Waals surface area contributed by atoms with Gasteiger partial charge in [0.25, 0.3) is 0 Å². The van der Waals surface area contributed by atoms with E-state index in [1.165, 1.54) is 25.7 Å². The molecule has 108 valence electrons. The van der Waals surface area contributed by atoms with Gasteiger partial charge in [0.15, 0.2) is 9.84 Å². The van der Waals surface area contributed by atoms with Crippen molar-refractivity contribution in [1.82, 2.24) is 5.32 Å². The highest BCUT2D eigenvalue weighted by molar-refractivity contribution is 7.91. The molecule has 1 fully saturated rings. The molecule has 1 N–H and O–H groups in total. The Bertz CT molecular complexity index is 310. The van der Waals surface area contributed by atoms with E-state index in [2.05, 4.69) is 5.32 Å². The second-order valence-electron chi connectivity index (χ2n) is 5.17. The number of sulfone groups is 1. The van der Waals surface area contributed by atoms with Crippen LogP contribution in [0.5, 0.6) is 0 Å². The van der Waals surface area contributed by atoms with Crippen molar-refractivity contribution >= 4 is 9.84 Å². The quantitative estimate of drug-likeness (QED) is 0.651. The van der Waals surface area contributed by atoms with Crippen LogP contribution in [0.2, 0.25) is 0 Å². The minimum atomic E-state index is -2.96. The molecule has 1 aliphatic carbocycles. The highest BCUT2D eigenvalue weighted by Crippen LogP contribution is 2.28. The van der Waals surface area contributed by atoms with Gasteiger partial charge in [-0.1, -0.05) is 19.8 Å². The molecule has 0 aromatic rings. The summed E-state index contributed by atoms with van der Waals surface area (Å²) < 4.78 is 29.0. The summed E-state index contributed by atoms with van der Waals surface area (Å²) >= 11 is 0. The molecule has 1 saturated carbocycles. The van der Waals surface area contributed by atoms with Gasteiger partial charge in [0.2, 0.25) is 0 Å². The molecule has 0 heterocycles. The van der Waals surface area contributed by atoms with Crippen molar-refractivity contribution in [2.24, 2.45) is 5.92 Å². The first-order chi connectivity index (χ1) is 8.59. The van der Waals surface area contributed by atoms with E-state index in [1.807, 2.05) is 6.92 Å². The van der Waals surface area contributed by atoms with E-state index in [9.17, 15) is 8.42 Å². The Balaban J connectivity index is 2.47. The van der Waals surface area contributed by atoms with Gasteiger partial charge in [-0.2, -0.15) is 0 Å². The molecule has 0 amide bonds. The molecule has 0 saturated heterocycles. The fourth-order valence-electron chi connectivity index (χ4n) is 2.76. The second kappa shape index (κ2) is 8.12. The molecule has 0 aromatic carbocycles. The molecule has 0 aliphatic heterocycles. The minimum absolute atomic E-state index is 0.144. The lowest BCUT2D eigenvalue weighted by Gasteiger charge is -2.24. The number of hydrogen-bond donors (Lipinski definition) is 1. The number of nitrogens with one attached hydrogen (secondary N) is 1. The van der Waals surface area contributed by atoms with Gasteiger partial charge >= 0.3 is 0 Å². The molecule has 1 aliphatic rings. The van der Waals surface area contributed by atoms with E-state index >= 15 is 0 Å². The molecule has 0 radical (unpaired) electrons. The van der Waals surface area contributed by atoms with Gasteiger partial charge in [-0.15, -0.1) is 0 Å². The smallest absolute Gasteiger partial charge is 0.151 e. The van der Waals surface area contributed by atoms with Crippen molar-refractivity contribution in [3.8, 4) is 0 Å². The summed E-state index contributed by atoms with van der Waals surface area (Å²) in [5.74, 6) is 1.08. The van der Waals surface area contributed by atoms with Crippen molar-refractivity contribution in [3.63, 3.8) is 0 Å². The molecule has 0 spiro atoms. The first kappa shape index (κ1) is 15.9. The third-order valence-electron chi connectivity index (χ3n) is 3.67. The number of rotatable bonds is 9. The lowest BCUT2D eigenvalue weighted by atomic mass is 10.00. The molecule has 0 aromatic heterocycles. The molecule has 4 nitrogen and oxygen atoms in total. The molecule has 1 rings (SSSR count). The van der Waals surface area contributed by atoms with Crippen molar-refractivity contribution in [3.05, 3.63) is 0 Å². The fraction of sp³-hybridized carbons (Fsp3) is 1.00. The molecule has 0 bridgehead atoms. The maximum atomic E-state index is 12.1. The topological polar surface area (TPSA) is 55.4 Å². The Hall–Kier alpha value is -0.130. The van der Waals surface area contributed by atoms with Crippen molar-refractivity contribution in [1.29, 1.82) is 0 Å². The average Bonchev–Trinajstić information content (AvgIpc) is 2.81. The maximum absolute atomic E-state index is 12.1. The van der Waals surface area contributed by atoms with Crippen LogP contribution in [0.25, 0.3) is 0 Å². The van der Waals surface area contributed by atoms with Crippen LogP contribution in [0.15, 0.2) is 0 Å². The maximum Gasteiger partial charge on any atom is 0.151 e. The molecule has 5 heteroatoms. The Morgan fingerprint density at radius 1 is 1.33 bits per heavy atom. The highest BCUT2D eigenvalue weighted by Gasteiger charge is 2.28. The van der Waals surface area contributed by atoms with E-state index in [1.54, 1.807) is 7.11 Å². The standard InChI is InChI=1S/C13H27NO3S/c1-3-14-13(12-7-4-5-8-12)11-18(15,16)10-6-9-17-2/h12-14H,3-11H2,1-2H3. The molecule has 18 heavy (non-hydrogen) atoms. The zero-order chi connectivity index (χ0) is 13.4. The van der Waals surface area contributed by atoms with Gasteiger partial charge in [-0.05, 0) is 31.7 Å². The van der Waals surface area contributed by atoms with Crippen LogP contribution >= 0.6 is 0 Å². The largest absolute Gasteiger partial charge is 0.385 e. The number of ether oxygens (including phenoxy) is 1. The summed E-state index contributed by atoms with van der Waals surface area (Å²) in [5, 5.41) is 3.36.